The molecule has 0 aliphatic heterocycles. The number of carbonyl (C=O) groups excluding carboxylic acids is 1. The van der Waals surface area contributed by atoms with Crippen molar-refractivity contribution in [2.75, 3.05) is 6.61 Å². The first kappa shape index (κ1) is 15.0. The number of halogens is 1. The van der Waals surface area contributed by atoms with E-state index in [1.807, 2.05) is 18.2 Å². The zero-order chi connectivity index (χ0) is 14.5. The molecular formula is C15H16ClNO2S. The standard InChI is InChI=1S/C15H16ClNO2S/c1-3-5-11-10(15(18)19-4-2)6-7-12(17-11)13-8-9-14(16)20-13/h6-9H,3-5H2,1-2H3. The molecule has 0 spiro atoms. The van der Waals surface area contributed by atoms with Crippen LogP contribution in [0.4, 0.5) is 0 Å². The summed E-state index contributed by atoms with van der Waals surface area (Å²) in [7, 11) is 0. The Morgan fingerprint density at radius 3 is 2.70 bits per heavy atom. The van der Waals surface area contributed by atoms with Crippen molar-refractivity contribution in [3.63, 3.8) is 0 Å². The SMILES string of the molecule is CCCc1nc(-c2ccc(Cl)s2)ccc1C(=O)OCC. The van der Waals surface area contributed by atoms with E-state index in [9.17, 15) is 4.79 Å². The average molecular weight is 310 g/mol. The normalized spacial score (nSPS) is 10.6. The highest BCUT2D eigenvalue weighted by molar-refractivity contribution is 7.19. The lowest BCUT2D eigenvalue weighted by atomic mass is 10.1. The van der Waals surface area contributed by atoms with Crippen LogP contribution in [0.1, 0.15) is 36.3 Å². The molecule has 0 unspecified atom stereocenters. The zero-order valence-electron chi connectivity index (χ0n) is 11.5. The number of hydrogen-bond acceptors (Lipinski definition) is 4. The second-order valence-electron chi connectivity index (χ2n) is 4.26. The van der Waals surface area contributed by atoms with Gasteiger partial charge < -0.3 is 4.74 Å². The van der Waals surface area contributed by atoms with Crippen LogP contribution in [0.25, 0.3) is 10.6 Å². The molecule has 0 radical (unpaired) electrons. The number of ether oxygens (including phenoxy) is 1. The molecule has 0 aliphatic carbocycles. The van der Waals surface area contributed by atoms with Gasteiger partial charge in [-0.3, -0.25) is 4.98 Å². The van der Waals surface area contributed by atoms with E-state index in [0.717, 1.165) is 33.4 Å². The van der Waals surface area contributed by atoms with Crippen molar-refractivity contribution in [3.05, 3.63) is 39.9 Å². The Bertz CT molecular complexity index is 610. The molecular weight excluding hydrogens is 294 g/mol. The van der Waals surface area contributed by atoms with Gasteiger partial charge in [0, 0.05) is 0 Å². The van der Waals surface area contributed by atoms with Crippen molar-refractivity contribution in [1.82, 2.24) is 4.98 Å². The summed E-state index contributed by atoms with van der Waals surface area (Å²) in [5.74, 6) is -0.306. The lowest BCUT2D eigenvalue weighted by Crippen LogP contribution is -2.10. The number of thiophene rings is 1. The number of aryl methyl sites for hydroxylation is 1. The molecule has 0 saturated heterocycles. The molecule has 20 heavy (non-hydrogen) atoms. The molecule has 0 bridgehead atoms. The van der Waals surface area contributed by atoms with Crippen LogP contribution in [0, 0.1) is 0 Å². The molecule has 5 heteroatoms. The molecule has 106 valence electrons. The van der Waals surface area contributed by atoms with Gasteiger partial charge in [-0.15, -0.1) is 11.3 Å². The Morgan fingerprint density at radius 2 is 2.10 bits per heavy atom. The van der Waals surface area contributed by atoms with Crippen molar-refractivity contribution < 1.29 is 9.53 Å². The summed E-state index contributed by atoms with van der Waals surface area (Å²) in [6, 6.07) is 7.42. The van der Waals surface area contributed by atoms with Gasteiger partial charge in [0.2, 0.25) is 0 Å². The minimum atomic E-state index is -0.306. The summed E-state index contributed by atoms with van der Waals surface area (Å²) < 4.78 is 5.80. The monoisotopic (exact) mass is 309 g/mol. The molecule has 0 saturated carbocycles. The molecule has 0 N–H and O–H groups in total. The fourth-order valence-electron chi connectivity index (χ4n) is 1.91. The van der Waals surface area contributed by atoms with E-state index in [2.05, 4.69) is 11.9 Å². The predicted molar refractivity (Wildman–Crippen MR) is 82.5 cm³/mol. The number of hydrogen-bond donors (Lipinski definition) is 0. The fraction of sp³-hybridized carbons (Fsp3) is 0.333. The summed E-state index contributed by atoms with van der Waals surface area (Å²) in [4.78, 5) is 17.5. The second-order valence-corrected chi connectivity index (χ2v) is 5.98. The molecule has 0 atom stereocenters. The van der Waals surface area contributed by atoms with E-state index in [-0.39, 0.29) is 5.97 Å². The van der Waals surface area contributed by atoms with Crippen molar-refractivity contribution >= 4 is 28.9 Å². The minimum absolute atomic E-state index is 0.306. The van der Waals surface area contributed by atoms with Gasteiger partial charge in [0.15, 0.2) is 0 Å². The molecule has 0 amide bonds. The van der Waals surface area contributed by atoms with Gasteiger partial charge >= 0.3 is 5.97 Å². The topological polar surface area (TPSA) is 39.2 Å². The maximum absolute atomic E-state index is 11.9. The van der Waals surface area contributed by atoms with Crippen molar-refractivity contribution in [1.29, 1.82) is 0 Å². The van der Waals surface area contributed by atoms with Gasteiger partial charge in [-0.1, -0.05) is 24.9 Å². The Labute approximate surface area is 127 Å². The summed E-state index contributed by atoms with van der Waals surface area (Å²) in [5.41, 5.74) is 2.19. The minimum Gasteiger partial charge on any atom is -0.462 e. The highest BCUT2D eigenvalue weighted by atomic mass is 35.5. The van der Waals surface area contributed by atoms with Crippen LogP contribution in [0.3, 0.4) is 0 Å². The third kappa shape index (κ3) is 3.38. The lowest BCUT2D eigenvalue weighted by Gasteiger charge is -2.09. The zero-order valence-corrected chi connectivity index (χ0v) is 13.1. The number of esters is 1. The van der Waals surface area contributed by atoms with Gasteiger partial charge in [0.1, 0.15) is 0 Å². The van der Waals surface area contributed by atoms with Crippen LogP contribution in [-0.2, 0) is 11.2 Å². The van der Waals surface area contributed by atoms with Crippen LogP contribution in [0.5, 0.6) is 0 Å². The first-order valence-electron chi connectivity index (χ1n) is 6.58. The van der Waals surface area contributed by atoms with E-state index in [1.54, 1.807) is 13.0 Å². The van der Waals surface area contributed by atoms with E-state index < -0.39 is 0 Å². The van der Waals surface area contributed by atoms with Crippen LogP contribution >= 0.6 is 22.9 Å². The molecule has 2 aromatic heterocycles. The van der Waals surface area contributed by atoms with E-state index in [4.69, 9.17) is 16.3 Å². The average Bonchev–Trinajstić information content (AvgIpc) is 2.86. The maximum Gasteiger partial charge on any atom is 0.339 e. The van der Waals surface area contributed by atoms with Gasteiger partial charge in [-0.25, -0.2) is 4.79 Å². The summed E-state index contributed by atoms with van der Waals surface area (Å²) in [6.07, 6.45) is 1.68. The first-order chi connectivity index (χ1) is 9.65. The Morgan fingerprint density at radius 1 is 1.30 bits per heavy atom. The second kappa shape index (κ2) is 6.86. The molecule has 0 fully saturated rings. The van der Waals surface area contributed by atoms with E-state index in [0.29, 0.717) is 12.2 Å². The number of nitrogens with zero attached hydrogens (tertiary/aromatic N) is 1. The lowest BCUT2D eigenvalue weighted by molar-refractivity contribution is 0.0524. The third-order valence-corrected chi connectivity index (χ3v) is 4.04. The molecule has 2 aromatic rings. The van der Waals surface area contributed by atoms with Crippen LogP contribution < -0.4 is 0 Å². The molecule has 2 rings (SSSR count). The summed E-state index contributed by atoms with van der Waals surface area (Å²) in [5, 5.41) is 0. The fourth-order valence-corrected chi connectivity index (χ4v) is 2.93. The largest absolute Gasteiger partial charge is 0.462 e. The number of rotatable bonds is 5. The first-order valence-corrected chi connectivity index (χ1v) is 7.77. The Kier molecular flexibility index (Phi) is 5.15. The van der Waals surface area contributed by atoms with Crippen LogP contribution in [0.2, 0.25) is 4.34 Å². The van der Waals surface area contributed by atoms with Crippen LogP contribution in [0.15, 0.2) is 24.3 Å². The van der Waals surface area contributed by atoms with Crippen LogP contribution in [-0.4, -0.2) is 17.6 Å². The van der Waals surface area contributed by atoms with Gasteiger partial charge in [0.05, 0.1) is 32.8 Å². The Balaban J connectivity index is 2.39. The molecule has 0 aromatic carbocycles. The van der Waals surface area contributed by atoms with Crippen molar-refractivity contribution in [3.8, 4) is 10.6 Å². The number of carbonyl (C=O) groups is 1. The Hall–Kier alpha value is -1.39. The smallest absolute Gasteiger partial charge is 0.339 e. The van der Waals surface area contributed by atoms with E-state index >= 15 is 0 Å². The van der Waals surface area contributed by atoms with E-state index in [1.165, 1.54) is 11.3 Å². The highest BCUT2D eigenvalue weighted by Crippen LogP contribution is 2.30. The van der Waals surface area contributed by atoms with Crippen molar-refractivity contribution in [2.24, 2.45) is 0 Å². The molecule has 3 nitrogen and oxygen atoms in total. The molecule has 0 aliphatic rings. The third-order valence-electron chi connectivity index (χ3n) is 2.78. The maximum atomic E-state index is 11.9. The van der Waals surface area contributed by atoms with Gasteiger partial charge in [-0.05, 0) is 37.6 Å². The predicted octanol–water partition coefficient (Wildman–Crippen LogP) is 4.59. The number of pyridine rings is 1. The molecule has 2 heterocycles. The highest BCUT2D eigenvalue weighted by Gasteiger charge is 2.15. The van der Waals surface area contributed by atoms with Gasteiger partial charge in [0.25, 0.3) is 0 Å². The number of aromatic nitrogens is 1. The quantitative estimate of drug-likeness (QED) is 0.758. The summed E-state index contributed by atoms with van der Waals surface area (Å²) >= 11 is 7.43. The van der Waals surface area contributed by atoms with Crippen molar-refractivity contribution in [2.45, 2.75) is 26.7 Å². The summed E-state index contributed by atoms with van der Waals surface area (Å²) in [6.45, 7) is 4.23. The van der Waals surface area contributed by atoms with Gasteiger partial charge in [-0.2, -0.15) is 0 Å².